The summed E-state index contributed by atoms with van der Waals surface area (Å²) in [6.07, 6.45) is 0.959. The van der Waals surface area contributed by atoms with Crippen LogP contribution in [0.25, 0.3) is 10.9 Å². The Morgan fingerprint density at radius 3 is 2.79 bits per heavy atom. The summed E-state index contributed by atoms with van der Waals surface area (Å²) in [7, 11) is 1.56. The van der Waals surface area contributed by atoms with Crippen molar-refractivity contribution in [3.63, 3.8) is 0 Å². The molecule has 5 nitrogen and oxygen atoms in total. The predicted octanol–water partition coefficient (Wildman–Crippen LogP) is 5.38. The molecule has 0 spiro atoms. The first-order chi connectivity index (χ1) is 15.9. The molecule has 1 aromatic carbocycles. The molecule has 2 N–H and O–H groups in total. The van der Waals surface area contributed by atoms with Crippen molar-refractivity contribution >= 4 is 34.0 Å². The van der Waals surface area contributed by atoms with Crippen molar-refractivity contribution in [1.82, 2.24) is 9.55 Å². The highest BCUT2D eigenvalue weighted by Gasteiger charge is 2.30. The number of halogens is 3. The SMILES string of the molecule is COc1ccncc1NCC#Cc1cc2c(NC3CCSCC3)cccc2n1CC(F)(F)F. The molecule has 3 heterocycles. The molecule has 1 aliphatic heterocycles. The molecule has 0 atom stereocenters. The third kappa shape index (κ3) is 5.88. The largest absolute Gasteiger partial charge is 0.494 e. The van der Waals surface area contributed by atoms with Gasteiger partial charge in [-0.15, -0.1) is 0 Å². The molecule has 1 saturated heterocycles. The average molecular weight is 475 g/mol. The van der Waals surface area contributed by atoms with Crippen LogP contribution >= 0.6 is 11.8 Å². The molecule has 0 saturated carbocycles. The van der Waals surface area contributed by atoms with Crippen LogP contribution < -0.4 is 15.4 Å². The third-order valence-corrected chi connectivity index (χ3v) is 6.50. The fourth-order valence-corrected chi connectivity index (χ4v) is 5.00. The maximum absolute atomic E-state index is 13.4. The lowest BCUT2D eigenvalue weighted by atomic mass is 10.1. The topological polar surface area (TPSA) is 51.1 Å². The van der Waals surface area contributed by atoms with E-state index in [1.54, 1.807) is 43.8 Å². The lowest BCUT2D eigenvalue weighted by Gasteiger charge is -2.24. The highest BCUT2D eigenvalue weighted by molar-refractivity contribution is 7.99. The van der Waals surface area contributed by atoms with Crippen LogP contribution in [0.5, 0.6) is 5.75 Å². The Balaban J connectivity index is 1.61. The fourth-order valence-electron chi connectivity index (χ4n) is 3.89. The molecule has 0 amide bonds. The minimum atomic E-state index is -4.35. The number of hydrogen-bond acceptors (Lipinski definition) is 5. The van der Waals surface area contributed by atoms with Gasteiger partial charge in [-0.05, 0) is 48.5 Å². The summed E-state index contributed by atoms with van der Waals surface area (Å²) in [6, 6.07) is 9.23. The maximum Gasteiger partial charge on any atom is 0.406 e. The number of benzene rings is 1. The van der Waals surface area contributed by atoms with Gasteiger partial charge in [-0.3, -0.25) is 4.98 Å². The normalized spacial score (nSPS) is 14.5. The molecule has 2 aromatic heterocycles. The zero-order chi connectivity index (χ0) is 23.3. The summed E-state index contributed by atoms with van der Waals surface area (Å²) in [6.45, 7) is -0.853. The second-order valence-corrected chi connectivity index (χ2v) is 8.96. The van der Waals surface area contributed by atoms with Gasteiger partial charge in [0.15, 0.2) is 0 Å². The molecule has 9 heteroatoms. The van der Waals surface area contributed by atoms with Crippen LogP contribution in [0, 0.1) is 11.8 Å². The number of hydrogen-bond donors (Lipinski definition) is 2. The van der Waals surface area contributed by atoms with E-state index in [1.165, 1.54) is 4.57 Å². The van der Waals surface area contributed by atoms with Crippen molar-refractivity contribution in [3.8, 4) is 17.6 Å². The first kappa shape index (κ1) is 23.2. The number of rotatable bonds is 6. The maximum atomic E-state index is 13.4. The summed E-state index contributed by atoms with van der Waals surface area (Å²) >= 11 is 1.93. The average Bonchev–Trinajstić information content (AvgIpc) is 3.14. The summed E-state index contributed by atoms with van der Waals surface area (Å²) in [5, 5.41) is 7.39. The number of ether oxygens (including phenoxy) is 1. The number of aromatic nitrogens is 2. The van der Waals surface area contributed by atoms with E-state index in [0.717, 1.165) is 35.4 Å². The van der Waals surface area contributed by atoms with E-state index >= 15 is 0 Å². The highest BCUT2D eigenvalue weighted by Crippen LogP contribution is 2.31. The van der Waals surface area contributed by atoms with Gasteiger partial charge in [0.25, 0.3) is 0 Å². The Bertz CT molecular complexity index is 1160. The van der Waals surface area contributed by atoms with E-state index in [2.05, 4.69) is 27.5 Å². The zero-order valence-corrected chi connectivity index (χ0v) is 19.0. The first-order valence-corrected chi connectivity index (χ1v) is 11.8. The molecule has 174 valence electrons. The van der Waals surface area contributed by atoms with Crippen LogP contribution in [0.1, 0.15) is 18.5 Å². The van der Waals surface area contributed by atoms with Gasteiger partial charge in [-0.25, -0.2) is 0 Å². The Hall–Kier alpha value is -2.99. The Morgan fingerprint density at radius 1 is 1.21 bits per heavy atom. The van der Waals surface area contributed by atoms with Gasteiger partial charge in [-0.1, -0.05) is 12.0 Å². The minimum Gasteiger partial charge on any atom is -0.494 e. The van der Waals surface area contributed by atoms with E-state index in [9.17, 15) is 13.2 Å². The standard InChI is InChI=1S/C24H25F3N4OS/c1-32-23-7-11-28-15-21(23)29-10-3-4-18-14-19-20(30-17-8-12-33-13-9-17)5-2-6-22(19)31(18)16-24(25,26)27/h2,5-7,11,14-15,17,29-30H,8-10,12-13,16H2,1H3. The van der Waals surface area contributed by atoms with Crippen molar-refractivity contribution in [2.24, 2.45) is 0 Å². The Labute approximate surface area is 195 Å². The molecule has 3 aromatic rings. The van der Waals surface area contributed by atoms with Crippen LogP contribution in [0.3, 0.4) is 0 Å². The highest BCUT2D eigenvalue weighted by atomic mass is 32.2. The van der Waals surface area contributed by atoms with Crippen molar-refractivity contribution in [1.29, 1.82) is 0 Å². The number of nitrogens with zero attached hydrogens (tertiary/aromatic N) is 2. The van der Waals surface area contributed by atoms with E-state index in [4.69, 9.17) is 4.74 Å². The number of thioether (sulfide) groups is 1. The van der Waals surface area contributed by atoms with Gasteiger partial charge in [-0.2, -0.15) is 24.9 Å². The lowest BCUT2D eigenvalue weighted by Crippen LogP contribution is -2.24. The monoisotopic (exact) mass is 474 g/mol. The van der Waals surface area contributed by atoms with E-state index in [0.29, 0.717) is 28.7 Å². The summed E-state index contributed by atoms with van der Waals surface area (Å²) in [4.78, 5) is 4.04. The predicted molar refractivity (Wildman–Crippen MR) is 128 cm³/mol. The number of pyridine rings is 1. The number of anilines is 2. The number of alkyl halides is 3. The molecule has 0 unspecified atom stereocenters. The summed E-state index contributed by atoms with van der Waals surface area (Å²) < 4.78 is 46.6. The molecule has 0 bridgehead atoms. The van der Waals surface area contributed by atoms with Crippen LogP contribution in [-0.4, -0.2) is 46.9 Å². The van der Waals surface area contributed by atoms with Crippen molar-refractivity contribution in [2.45, 2.75) is 31.6 Å². The lowest BCUT2D eigenvalue weighted by molar-refractivity contribution is -0.140. The van der Waals surface area contributed by atoms with Crippen molar-refractivity contribution < 1.29 is 17.9 Å². The zero-order valence-electron chi connectivity index (χ0n) is 18.2. The van der Waals surface area contributed by atoms with Gasteiger partial charge in [0.1, 0.15) is 12.3 Å². The quantitative estimate of drug-likeness (QED) is 0.470. The van der Waals surface area contributed by atoms with Crippen molar-refractivity contribution in [2.75, 3.05) is 35.8 Å². The fraction of sp³-hybridized carbons (Fsp3) is 0.375. The molecule has 33 heavy (non-hydrogen) atoms. The Kier molecular flexibility index (Phi) is 7.23. The van der Waals surface area contributed by atoms with Gasteiger partial charge >= 0.3 is 6.18 Å². The molecule has 0 radical (unpaired) electrons. The van der Waals surface area contributed by atoms with Gasteiger partial charge in [0.2, 0.25) is 0 Å². The number of nitrogens with one attached hydrogen (secondary N) is 2. The molecular weight excluding hydrogens is 449 g/mol. The Morgan fingerprint density at radius 2 is 2.03 bits per heavy atom. The van der Waals surface area contributed by atoms with Crippen molar-refractivity contribution in [3.05, 3.63) is 48.4 Å². The second kappa shape index (κ2) is 10.3. The van der Waals surface area contributed by atoms with E-state index in [-0.39, 0.29) is 6.54 Å². The number of methoxy groups -OCH3 is 1. The smallest absolute Gasteiger partial charge is 0.406 e. The molecule has 1 aliphatic rings. The first-order valence-electron chi connectivity index (χ1n) is 10.7. The minimum absolute atomic E-state index is 0.237. The van der Waals surface area contributed by atoms with Crippen LogP contribution in [-0.2, 0) is 6.54 Å². The van der Waals surface area contributed by atoms with E-state index < -0.39 is 12.7 Å². The third-order valence-electron chi connectivity index (χ3n) is 5.45. The van der Waals surface area contributed by atoms with Gasteiger partial charge in [0.05, 0.1) is 36.7 Å². The molecule has 4 rings (SSSR count). The summed E-state index contributed by atoms with van der Waals surface area (Å²) in [5.41, 5.74) is 2.37. The second-order valence-electron chi connectivity index (χ2n) is 7.73. The molecule has 1 fully saturated rings. The summed E-state index contributed by atoms with van der Waals surface area (Å²) in [5.74, 6) is 8.66. The van der Waals surface area contributed by atoms with E-state index in [1.807, 2.05) is 17.8 Å². The van der Waals surface area contributed by atoms with Crippen LogP contribution in [0.15, 0.2) is 42.7 Å². The van der Waals surface area contributed by atoms with Gasteiger partial charge in [0, 0.05) is 29.4 Å². The molecule has 0 aliphatic carbocycles. The number of fused-ring (bicyclic) bond motifs is 1. The van der Waals surface area contributed by atoms with Crippen LogP contribution in [0.4, 0.5) is 24.5 Å². The van der Waals surface area contributed by atoms with Gasteiger partial charge < -0.3 is 19.9 Å². The van der Waals surface area contributed by atoms with Crippen LogP contribution in [0.2, 0.25) is 0 Å². The molecular formula is C24H25F3N4OS.